The molecule has 5 nitrogen and oxygen atoms in total. The van der Waals surface area contributed by atoms with Crippen LogP contribution in [0.2, 0.25) is 0 Å². The highest BCUT2D eigenvalue weighted by Gasteiger charge is 2.34. The molecule has 3 rings (SSSR count). The van der Waals surface area contributed by atoms with Gasteiger partial charge in [0.2, 0.25) is 11.8 Å². The van der Waals surface area contributed by atoms with Crippen molar-refractivity contribution in [3.8, 4) is 6.07 Å². The van der Waals surface area contributed by atoms with E-state index < -0.39 is 0 Å². The third-order valence-corrected chi connectivity index (χ3v) is 6.55. The van der Waals surface area contributed by atoms with Gasteiger partial charge < -0.3 is 10.6 Å². The Morgan fingerprint density at radius 2 is 1.87 bits per heavy atom. The van der Waals surface area contributed by atoms with Gasteiger partial charge in [-0.2, -0.15) is 5.26 Å². The molecule has 0 unspecified atom stereocenters. The number of nitriles is 1. The Morgan fingerprint density at radius 3 is 2.47 bits per heavy atom. The van der Waals surface area contributed by atoms with E-state index in [0.29, 0.717) is 42.8 Å². The van der Waals surface area contributed by atoms with Gasteiger partial charge in [-0.3, -0.25) is 9.59 Å². The van der Waals surface area contributed by atoms with Crippen molar-refractivity contribution < 1.29 is 9.59 Å². The normalized spacial score (nSPS) is 23.4. The summed E-state index contributed by atoms with van der Waals surface area (Å²) in [7, 11) is 0. The van der Waals surface area contributed by atoms with Crippen LogP contribution in [0.4, 0.5) is 0 Å². The van der Waals surface area contributed by atoms with Crippen LogP contribution in [0.3, 0.4) is 0 Å². The van der Waals surface area contributed by atoms with E-state index in [-0.39, 0.29) is 23.7 Å². The van der Waals surface area contributed by atoms with E-state index in [2.05, 4.69) is 43.6 Å². The van der Waals surface area contributed by atoms with Crippen LogP contribution >= 0.6 is 0 Å². The maximum absolute atomic E-state index is 12.6. The van der Waals surface area contributed by atoms with Crippen LogP contribution in [0.1, 0.15) is 57.6 Å². The number of nitrogens with zero attached hydrogens (tertiary/aromatic N) is 1. The molecular weight excluding hydrogens is 374 g/mol. The number of rotatable bonds is 8. The van der Waals surface area contributed by atoms with E-state index in [4.69, 9.17) is 5.26 Å². The van der Waals surface area contributed by atoms with Crippen molar-refractivity contribution in [2.75, 3.05) is 6.54 Å². The highest BCUT2D eigenvalue weighted by atomic mass is 16.2. The van der Waals surface area contributed by atoms with E-state index in [0.717, 1.165) is 24.8 Å². The van der Waals surface area contributed by atoms with Gasteiger partial charge >= 0.3 is 0 Å². The molecule has 0 aromatic heterocycles. The molecule has 0 aliphatic heterocycles. The monoisotopic (exact) mass is 407 g/mol. The fraction of sp³-hybridized carbons (Fsp3) is 0.560. The predicted octanol–water partition coefficient (Wildman–Crippen LogP) is 3.95. The smallest absolute Gasteiger partial charge is 0.223 e. The molecule has 5 heteroatoms. The number of hydrogen-bond donors (Lipinski definition) is 2. The summed E-state index contributed by atoms with van der Waals surface area (Å²) in [5.74, 6) is 2.04. The minimum Gasteiger partial charge on any atom is -0.355 e. The second-order valence-electron chi connectivity index (χ2n) is 9.22. The SMILES string of the molecule is CC1=C[C@@H](CNC(=O)C2CC2)[C@H](C(C)C)C[C@H]1CC(=O)NCc1ccc(C#N)cc1. The van der Waals surface area contributed by atoms with Gasteiger partial charge in [0.05, 0.1) is 11.6 Å². The van der Waals surface area contributed by atoms with Crippen LogP contribution in [0, 0.1) is 40.9 Å². The third kappa shape index (κ3) is 5.95. The van der Waals surface area contributed by atoms with Gasteiger partial charge in [-0.1, -0.05) is 37.6 Å². The highest BCUT2D eigenvalue weighted by Crippen LogP contribution is 2.39. The summed E-state index contributed by atoms with van der Waals surface area (Å²) in [5.41, 5.74) is 2.87. The first kappa shape index (κ1) is 22.1. The lowest BCUT2D eigenvalue weighted by molar-refractivity contribution is -0.122. The molecule has 0 saturated heterocycles. The van der Waals surface area contributed by atoms with Crippen molar-refractivity contribution in [2.45, 2.75) is 53.0 Å². The molecule has 2 aliphatic carbocycles. The second kappa shape index (κ2) is 9.93. The summed E-state index contributed by atoms with van der Waals surface area (Å²) >= 11 is 0. The van der Waals surface area contributed by atoms with E-state index in [1.165, 1.54) is 5.57 Å². The van der Waals surface area contributed by atoms with Crippen LogP contribution in [-0.2, 0) is 16.1 Å². The first-order chi connectivity index (χ1) is 14.4. The van der Waals surface area contributed by atoms with Crippen LogP contribution in [0.5, 0.6) is 0 Å². The molecule has 2 amide bonds. The molecule has 3 atom stereocenters. The van der Waals surface area contributed by atoms with Crippen molar-refractivity contribution in [3.05, 3.63) is 47.0 Å². The number of carbonyl (C=O) groups is 2. The van der Waals surface area contributed by atoms with Gasteiger partial charge in [0.1, 0.15) is 0 Å². The molecule has 0 heterocycles. The summed E-state index contributed by atoms with van der Waals surface area (Å²) in [6.07, 6.45) is 5.81. The number of allylic oxidation sites excluding steroid dienone is 1. The first-order valence-electron chi connectivity index (χ1n) is 11.1. The average Bonchev–Trinajstić information content (AvgIpc) is 3.57. The summed E-state index contributed by atoms with van der Waals surface area (Å²) in [6.45, 7) is 7.76. The molecule has 0 radical (unpaired) electrons. The predicted molar refractivity (Wildman–Crippen MR) is 117 cm³/mol. The van der Waals surface area contributed by atoms with Crippen molar-refractivity contribution >= 4 is 11.8 Å². The Balaban J connectivity index is 1.54. The van der Waals surface area contributed by atoms with Crippen LogP contribution < -0.4 is 10.6 Å². The quantitative estimate of drug-likeness (QED) is 0.640. The molecule has 1 aromatic carbocycles. The topological polar surface area (TPSA) is 82.0 Å². The largest absolute Gasteiger partial charge is 0.355 e. The van der Waals surface area contributed by atoms with Gasteiger partial charge in [0.15, 0.2) is 0 Å². The van der Waals surface area contributed by atoms with Gasteiger partial charge in [0, 0.05) is 25.4 Å². The molecule has 2 aliphatic rings. The van der Waals surface area contributed by atoms with Crippen LogP contribution in [0.25, 0.3) is 0 Å². The van der Waals surface area contributed by atoms with Crippen molar-refractivity contribution in [3.63, 3.8) is 0 Å². The Bertz CT molecular complexity index is 831. The average molecular weight is 408 g/mol. The Morgan fingerprint density at radius 1 is 1.17 bits per heavy atom. The molecule has 0 spiro atoms. The summed E-state index contributed by atoms with van der Waals surface area (Å²) in [5, 5.41) is 15.0. The Kier molecular flexibility index (Phi) is 7.31. The zero-order chi connectivity index (χ0) is 21.7. The van der Waals surface area contributed by atoms with E-state index in [1.807, 2.05) is 12.1 Å². The number of amides is 2. The zero-order valence-electron chi connectivity index (χ0n) is 18.3. The van der Waals surface area contributed by atoms with E-state index in [1.54, 1.807) is 12.1 Å². The van der Waals surface area contributed by atoms with Gasteiger partial charge in [0.25, 0.3) is 0 Å². The fourth-order valence-electron chi connectivity index (χ4n) is 4.41. The van der Waals surface area contributed by atoms with Gasteiger partial charge in [-0.15, -0.1) is 0 Å². The zero-order valence-corrected chi connectivity index (χ0v) is 18.3. The van der Waals surface area contributed by atoms with Crippen molar-refractivity contribution in [1.82, 2.24) is 10.6 Å². The molecule has 1 aromatic rings. The Hall–Kier alpha value is -2.61. The third-order valence-electron chi connectivity index (χ3n) is 6.55. The summed E-state index contributed by atoms with van der Waals surface area (Å²) < 4.78 is 0. The lowest BCUT2D eigenvalue weighted by atomic mass is 9.69. The summed E-state index contributed by atoms with van der Waals surface area (Å²) in [4.78, 5) is 24.6. The first-order valence-corrected chi connectivity index (χ1v) is 11.1. The minimum atomic E-state index is 0.0557. The number of nitrogens with one attached hydrogen (secondary N) is 2. The maximum atomic E-state index is 12.6. The summed E-state index contributed by atoms with van der Waals surface area (Å²) in [6, 6.07) is 9.39. The van der Waals surface area contributed by atoms with Crippen molar-refractivity contribution in [1.29, 1.82) is 5.26 Å². The highest BCUT2D eigenvalue weighted by molar-refractivity contribution is 5.80. The number of hydrogen-bond acceptors (Lipinski definition) is 3. The molecule has 1 fully saturated rings. The molecule has 1 saturated carbocycles. The second-order valence-corrected chi connectivity index (χ2v) is 9.22. The standard InChI is InChI=1S/C25H33N3O2/c1-16(2)23-11-21(17(3)10-22(23)15-28-25(30)20-8-9-20)12-24(29)27-14-19-6-4-18(13-26)5-7-19/h4-7,10,16,20-23H,8-9,11-12,14-15H2,1-3H3,(H,27,29)(H,28,30)/t21-,22-,23-/m0/s1. The van der Waals surface area contributed by atoms with Gasteiger partial charge in [-0.05, 0) is 67.6 Å². The molecule has 0 bridgehead atoms. The molecule has 30 heavy (non-hydrogen) atoms. The molecular formula is C25H33N3O2. The maximum Gasteiger partial charge on any atom is 0.223 e. The fourth-order valence-corrected chi connectivity index (χ4v) is 4.41. The number of carbonyl (C=O) groups excluding carboxylic acids is 2. The van der Waals surface area contributed by atoms with E-state index in [9.17, 15) is 9.59 Å². The lowest BCUT2D eigenvalue weighted by Crippen LogP contribution is -2.38. The number of benzene rings is 1. The minimum absolute atomic E-state index is 0.0557. The van der Waals surface area contributed by atoms with E-state index >= 15 is 0 Å². The lowest BCUT2D eigenvalue weighted by Gasteiger charge is -2.37. The van der Waals surface area contributed by atoms with Gasteiger partial charge in [-0.25, -0.2) is 0 Å². The van der Waals surface area contributed by atoms with Crippen LogP contribution in [0.15, 0.2) is 35.9 Å². The Labute approximate surface area is 179 Å². The van der Waals surface area contributed by atoms with Crippen molar-refractivity contribution in [2.24, 2.45) is 29.6 Å². The van der Waals surface area contributed by atoms with Crippen LogP contribution in [-0.4, -0.2) is 18.4 Å². The molecule has 2 N–H and O–H groups in total. The molecule has 160 valence electrons.